The lowest BCUT2D eigenvalue weighted by molar-refractivity contribution is 0.317. The lowest BCUT2D eigenvalue weighted by atomic mass is 10.2. The van der Waals surface area contributed by atoms with Gasteiger partial charge < -0.3 is 4.74 Å². The number of hydrogen-bond acceptors (Lipinski definition) is 1. The molecule has 0 amide bonds. The van der Waals surface area contributed by atoms with Crippen molar-refractivity contribution in [3.05, 3.63) is 41.4 Å². The zero-order valence-corrected chi connectivity index (χ0v) is 7.51. The monoisotopic (exact) mass is 224 g/mol. The normalized spacial score (nSPS) is 10.3. The first-order valence-corrected chi connectivity index (χ1v) is 3.71. The van der Waals surface area contributed by atoms with Gasteiger partial charge in [0.05, 0.1) is 5.76 Å². The minimum Gasteiger partial charge on any atom is -0.456 e. The summed E-state index contributed by atoms with van der Waals surface area (Å²) in [5, 5.41) is 0. The van der Waals surface area contributed by atoms with Gasteiger partial charge in [-0.1, -0.05) is 6.58 Å². The van der Waals surface area contributed by atoms with Crippen LogP contribution in [0.1, 0.15) is 6.92 Å². The first kappa shape index (κ1) is 11.5. The van der Waals surface area contributed by atoms with Gasteiger partial charge in [-0.05, 0) is 6.92 Å². The Morgan fingerprint density at radius 1 is 0.867 bits per heavy atom. The zero-order valence-electron chi connectivity index (χ0n) is 7.51. The van der Waals surface area contributed by atoms with Gasteiger partial charge in [0.25, 0.3) is 0 Å². The molecule has 0 aliphatic rings. The summed E-state index contributed by atoms with van der Waals surface area (Å²) in [7, 11) is 0. The summed E-state index contributed by atoms with van der Waals surface area (Å²) >= 11 is 0. The van der Waals surface area contributed by atoms with Crippen molar-refractivity contribution < 1.29 is 26.7 Å². The molecular weight excluding hydrogens is 219 g/mol. The molecular formula is C9H5F5O. The van der Waals surface area contributed by atoms with Gasteiger partial charge in [-0.15, -0.1) is 0 Å². The molecule has 0 radical (unpaired) electrons. The fourth-order valence-corrected chi connectivity index (χ4v) is 0.849. The van der Waals surface area contributed by atoms with Gasteiger partial charge >= 0.3 is 0 Å². The number of allylic oxidation sites excluding steroid dienone is 1. The minimum atomic E-state index is -2.22. The van der Waals surface area contributed by atoms with E-state index < -0.39 is 34.8 Å². The highest BCUT2D eigenvalue weighted by Gasteiger charge is 2.27. The Hall–Kier alpha value is -1.59. The van der Waals surface area contributed by atoms with Crippen LogP contribution in [0.15, 0.2) is 12.3 Å². The molecule has 1 aromatic rings. The van der Waals surface area contributed by atoms with Crippen LogP contribution in [0.5, 0.6) is 5.75 Å². The van der Waals surface area contributed by atoms with Crippen molar-refractivity contribution in [2.75, 3.05) is 0 Å². The molecule has 0 fully saturated rings. The maximum Gasteiger partial charge on any atom is 0.207 e. The Morgan fingerprint density at radius 3 is 1.53 bits per heavy atom. The second kappa shape index (κ2) is 3.88. The van der Waals surface area contributed by atoms with Crippen LogP contribution in [0, 0.1) is 29.1 Å². The zero-order chi connectivity index (χ0) is 11.7. The van der Waals surface area contributed by atoms with E-state index in [2.05, 4.69) is 11.3 Å². The topological polar surface area (TPSA) is 9.23 Å². The molecule has 0 bridgehead atoms. The Balaban J connectivity index is 3.45. The number of ether oxygens (including phenoxy) is 1. The Labute approximate surface area is 81.8 Å². The predicted molar refractivity (Wildman–Crippen MR) is 41.7 cm³/mol. The van der Waals surface area contributed by atoms with E-state index in [-0.39, 0.29) is 5.76 Å². The average molecular weight is 224 g/mol. The highest BCUT2D eigenvalue weighted by atomic mass is 19.2. The summed E-state index contributed by atoms with van der Waals surface area (Å²) < 4.78 is 67.7. The summed E-state index contributed by atoms with van der Waals surface area (Å²) in [4.78, 5) is 0. The van der Waals surface area contributed by atoms with Crippen molar-refractivity contribution in [2.45, 2.75) is 6.92 Å². The summed E-state index contributed by atoms with van der Waals surface area (Å²) in [6.45, 7) is 4.33. The molecule has 0 aliphatic carbocycles. The van der Waals surface area contributed by atoms with Crippen molar-refractivity contribution in [3.8, 4) is 5.75 Å². The molecule has 0 N–H and O–H groups in total. The van der Waals surface area contributed by atoms with Crippen LogP contribution in [0.25, 0.3) is 0 Å². The van der Waals surface area contributed by atoms with E-state index in [0.717, 1.165) is 0 Å². The van der Waals surface area contributed by atoms with E-state index in [0.29, 0.717) is 0 Å². The number of benzene rings is 1. The molecule has 82 valence electrons. The minimum absolute atomic E-state index is 0.196. The molecule has 1 rings (SSSR count). The van der Waals surface area contributed by atoms with Gasteiger partial charge in [0.2, 0.25) is 34.8 Å². The van der Waals surface area contributed by atoms with Crippen LogP contribution >= 0.6 is 0 Å². The third-order valence-electron chi connectivity index (χ3n) is 1.45. The van der Waals surface area contributed by atoms with Crippen LogP contribution in [0.4, 0.5) is 22.0 Å². The van der Waals surface area contributed by atoms with Gasteiger partial charge in [0.1, 0.15) is 0 Å². The molecule has 0 saturated heterocycles. The van der Waals surface area contributed by atoms with Gasteiger partial charge in [0, 0.05) is 0 Å². The van der Waals surface area contributed by atoms with E-state index in [1.54, 1.807) is 0 Å². The molecule has 15 heavy (non-hydrogen) atoms. The number of hydrogen-bond donors (Lipinski definition) is 0. The highest BCUT2D eigenvalue weighted by Crippen LogP contribution is 2.29. The fourth-order valence-electron chi connectivity index (χ4n) is 0.849. The van der Waals surface area contributed by atoms with Crippen molar-refractivity contribution >= 4 is 0 Å². The first-order chi connectivity index (χ1) is 6.86. The quantitative estimate of drug-likeness (QED) is 0.324. The van der Waals surface area contributed by atoms with Crippen molar-refractivity contribution in [3.63, 3.8) is 0 Å². The van der Waals surface area contributed by atoms with E-state index in [1.165, 1.54) is 6.92 Å². The second-order valence-electron chi connectivity index (χ2n) is 2.70. The number of halogens is 5. The maximum absolute atomic E-state index is 12.9. The highest BCUT2D eigenvalue weighted by molar-refractivity contribution is 5.30. The predicted octanol–water partition coefficient (Wildman–Crippen LogP) is 3.29. The number of rotatable bonds is 2. The summed E-state index contributed by atoms with van der Waals surface area (Å²) in [6, 6.07) is 0. The van der Waals surface area contributed by atoms with E-state index in [1.807, 2.05) is 0 Å². The first-order valence-electron chi connectivity index (χ1n) is 3.71. The third-order valence-corrected chi connectivity index (χ3v) is 1.45. The molecule has 0 aliphatic heterocycles. The Morgan fingerprint density at radius 2 is 1.20 bits per heavy atom. The van der Waals surface area contributed by atoms with Gasteiger partial charge in [-0.3, -0.25) is 0 Å². The lowest BCUT2D eigenvalue weighted by Gasteiger charge is -2.08. The molecule has 0 heterocycles. The van der Waals surface area contributed by atoms with Crippen molar-refractivity contribution in [1.82, 2.24) is 0 Å². The molecule has 1 aromatic carbocycles. The molecule has 0 spiro atoms. The van der Waals surface area contributed by atoms with Gasteiger partial charge in [-0.25, -0.2) is 13.2 Å². The van der Waals surface area contributed by atoms with Crippen LogP contribution < -0.4 is 4.74 Å². The molecule has 0 saturated carbocycles. The second-order valence-corrected chi connectivity index (χ2v) is 2.70. The van der Waals surface area contributed by atoms with Crippen LogP contribution in [0.2, 0.25) is 0 Å². The summed E-state index contributed by atoms with van der Waals surface area (Å²) in [6.07, 6.45) is 0. The third kappa shape index (κ3) is 1.93. The van der Waals surface area contributed by atoms with Gasteiger partial charge in [-0.2, -0.15) is 8.78 Å². The Kier molecular flexibility index (Phi) is 2.97. The smallest absolute Gasteiger partial charge is 0.207 e. The van der Waals surface area contributed by atoms with Crippen LogP contribution in [0.3, 0.4) is 0 Å². The van der Waals surface area contributed by atoms with Gasteiger partial charge in [0.15, 0.2) is 0 Å². The van der Waals surface area contributed by atoms with E-state index >= 15 is 0 Å². The molecule has 1 nitrogen and oxygen atoms in total. The Bertz CT molecular complexity index is 398. The summed E-state index contributed by atoms with van der Waals surface area (Å²) in [5.41, 5.74) is 0. The van der Waals surface area contributed by atoms with E-state index in [9.17, 15) is 22.0 Å². The SMILES string of the molecule is C=C(C)Oc1c(F)c(F)c(F)c(F)c1F. The molecule has 0 atom stereocenters. The van der Waals surface area contributed by atoms with E-state index in [4.69, 9.17) is 0 Å². The molecule has 6 heteroatoms. The van der Waals surface area contributed by atoms with Crippen LogP contribution in [-0.2, 0) is 0 Å². The average Bonchev–Trinajstić information content (AvgIpc) is 2.18. The van der Waals surface area contributed by atoms with Crippen molar-refractivity contribution in [2.24, 2.45) is 0 Å². The molecule has 0 aromatic heterocycles. The summed E-state index contributed by atoms with van der Waals surface area (Å²) in [5.74, 6) is -11.9. The molecule has 0 unspecified atom stereocenters. The largest absolute Gasteiger partial charge is 0.456 e. The fraction of sp³-hybridized carbons (Fsp3) is 0.111. The standard InChI is InChI=1S/C9H5F5O/c1-3(2)15-9-7(13)5(11)4(10)6(12)8(9)14/h1H2,2H3. The van der Waals surface area contributed by atoms with Crippen LogP contribution in [-0.4, -0.2) is 0 Å². The maximum atomic E-state index is 12.9. The lowest BCUT2D eigenvalue weighted by Crippen LogP contribution is -2.05. The van der Waals surface area contributed by atoms with Crippen molar-refractivity contribution in [1.29, 1.82) is 0 Å².